The first-order valence-corrected chi connectivity index (χ1v) is 4.63. The van der Waals surface area contributed by atoms with Crippen LogP contribution in [0.3, 0.4) is 0 Å². The molecule has 0 aromatic carbocycles. The van der Waals surface area contributed by atoms with E-state index in [1.54, 1.807) is 6.08 Å². The van der Waals surface area contributed by atoms with Crippen molar-refractivity contribution < 1.29 is 19.1 Å². The molecule has 2 atom stereocenters. The molecule has 0 aromatic heterocycles. The third-order valence-corrected chi connectivity index (χ3v) is 2.83. The lowest BCUT2D eigenvalue weighted by Gasteiger charge is -2.36. The Hall–Kier alpha value is -1.16. The Morgan fingerprint density at radius 1 is 1.57 bits per heavy atom. The van der Waals surface area contributed by atoms with Gasteiger partial charge in [0.25, 0.3) is 0 Å². The van der Waals surface area contributed by atoms with Crippen LogP contribution in [0.5, 0.6) is 0 Å². The highest BCUT2D eigenvalue weighted by atomic mass is 16.6. The third-order valence-electron chi connectivity index (χ3n) is 2.83. The molecule has 1 aliphatic heterocycles. The fourth-order valence-corrected chi connectivity index (χ4v) is 2.03. The van der Waals surface area contributed by atoms with E-state index in [2.05, 4.69) is 0 Å². The number of hydrogen-bond donors (Lipinski definition) is 0. The monoisotopic (exact) mass is 196 g/mol. The zero-order chi connectivity index (χ0) is 10.2. The normalized spacial score (nSPS) is 36.5. The number of ether oxygens (including phenoxy) is 2. The highest BCUT2D eigenvalue weighted by molar-refractivity contribution is 5.87. The fourth-order valence-electron chi connectivity index (χ4n) is 2.03. The molecule has 0 saturated heterocycles. The van der Waals surface area contributed by atoms with Crippen molar-refractivity contribution in [3.63, 3.8) is 0 Å². The van der Waals surface area contributed by atoms with E-state index < -0.39 is 5.60 Å². The van der Waals surface area contributed by atoms with Gasteiger partial charge in [0.1, 0.15) is 11.9 Å². The Morgan fingerprint density at radius 3 is 2.93 bits per heavy atom. The molecule has 0 aromatic rings. The summed E-state index contributed by atoms with van der Waals surface area (Å²) in [5.41, 5.74) is -0.681. The van der Waals surface area contributed by atoms with Crippen molar-refractivity contribution in [1.82, 2.24) is 0 Å². The highest BCUT2D eigenvalue weighted by Crippen LogP contribution is 2.36. The summed E-state index contributed by atoms with van der Waals surface area (Å²) < 4.78 is 10.4. The molecule has 2 rings (SSSR count). The van der Waals surface area contributed by atoms with Gasteiger partial charge in [0.2, 0.25) is 0 Å². The van der Waals surface area contributed by atoms with Crippen molar-refractivity contribution in [2.45, 2.75) is 31.0 Å². The summed E-state index contributed by atoms with van der Waals surface area (Å²) in [6, 6.07) is 0. The molecule has 14 heavy (non-hydrogen) atoms. The minimum atomic E-state index is -0.681. The Bertz CT molecular complexity index is 307. The third kappa shape index (κ3) is 1.35. The molecule has 0 bridgehead atoms. The lowest BCUT2D eigenvalue weighted by atomic mass is 9.81. The second-order valence-electron chi connectivity index (χ2n) is 3.68. The molecular formula is C10H12O4. The maximum Gasteiger partial charge on any atom is 0.331 e. The van der Waals surface area contributed by atoms with Crippen LogP contribution >= 0.6 is 0 Å². The molecule has 1 aliphatic carbocycles. The van der Waals surface area contributed by atoms with E-state index in [9.17, 15) is 9.59 Å². The van der Waals surface area contributed by atoms with Crippen LogP contribution in [0.1, 0.15) is 19.3 Å². The summed E-state index contributed by atoms with van der Waals surface area (Å²) in [5.74, 6) is -0.180. The zero-order valence-electron chi connectivity index (χ0n) is 7.99. The first-order chi connectivity index (χ1) is 6.66. The summed E-state index contributed by atoms with van der Waals surface area (Å²) in [4.78, 5) is 22.2. The van der Waals surface area contributed by atoms with Gasteiger partial charge in [-0.25, -0.2) is 4.79 Å². The van der Waals surface area contributed by atoms with Gasteiger partial charge < -0.3 is 9.47 Å². The van der Waals surface area contributed by atoms with E-state index in [-0.39, 0.29) is 17.9 Å². The van der Waals surface area contributed by atoms with Crippen LogP contribution in [-0.2, 0) is 19.1 Å². The molecule has 1 fully saturated rings. The highest BCUT2D eigenvalue weighted by Gasteiger charge is 2.47. The van der Waals surface area contributed by atoms with Crippen molar-refractivity contribution in [2.75, 3.05) is 7.11 Å². The van der Waals surface area contributed by atoms with Crippen LogP contribution < -0.4 is 0 Å². The maximum absolute atomic E-state index is 11.2. The molecule has 4 nitrogen and oxygen atoms in total. The first kappa shape index (κ1) is 9.40. The number of carbonyl (C=O) groups excluding carboxylic acids is 2. The largest absolute Gasteiger partial charge is 0.449 e. The molecular weight excluding hydrogens is 184 g/mol. The summed E-state index contributed by atoms with van der Waals surface area (Å²) in [7, 11) is 1.53. The molecule has 0 radical (unpaired) electrons. The molecule has 1 saturated carbocycles. The number of methoxy groups -OCH3 is 1. The topological polar surface area (TPSA) is 52.6 Å². The van der Waals surface area contributed by atoms with Crippen LogP contribution in [0, 0.1) is 0 Å². The van der Waals surface area contributed by atoms with Gasteiger partial charge in [-0.1, -0.05) is 0 Å². The van der Waals surface area contributed by atoms with Crippen molar-refractivity contribution in [2.24, 2.45) is 0 Å². The summed E-state index contributed by atoms with van der Waals surface area (Å²) in [5, 5.41) is 0. The lowest BCUT2D eigenvalue weighted by molar-refractivity contribution is -0.165. The summed E-state index contributed by atoms with van der Waals surface area (Å²) in [6.45, 7) is 0. The standard InChI is InChI=1S/C10H12O4/c1-13-8-6-7(11)2-4-10(8)5-3-9(12)14-10/h3,5,8H,2,4,6H2,1H3/t8-,10+/m1/s1. The van der Waals surface area contributed by atoms with E-state index in [0.717, 1.165) is 0 Å². The zero-order valence-corrected chi connectivity index (χ0v) is 7.99. The minimum absolute atomic E-state index is 0.166. The SMILES string of the molecule is CO[C@@H]1CC(=O)CC[C@]12C=CC(=O)O2. The van der Waals surface area contributed by atoms with E-state index in [1.165, 1.54) is 13.2 Å². The second kappa shape index (κ2) is 3.20. The first-order valence-electron chi connectivity index (χ1n) is 4.63. The van der Waals surface area contributed by atoms with Crippen molar-refractivity contribution in [3.05, 3.63) is 12.2 Å². The van der Waals surface area contributed by atoms with E-state index >= 15 is 0 Å². The average Bonchev–Trinajstić information content (AvgIpc) is 2.53. The number of Topliss-reactive ketones (excluding diaryl/α,β-unsaturated/α-hetero) is 1. The smallest absolute Gasteiger partial charge is 0.331 e. The van der Waals surface area contributed by atoms with E-state index in [0.29, 0.717) is 19.3 Å². The van der Waals surface area contributed by atoms with Crippen molar-refractivity contribution in [1.29, 1.82) is 0 Å². The fraction of sp³-hybridized carbons (Fsp3) is 0.600. The molecule has 1 heterocycles. The summed E-state index contributed by atoms with van der Waals surface area (Å²) >= 11 is 0. The van der Waals surface area contributed by atoms with Gasteiger partial charge in [0.15, 0.2) is 5.60 Å². The van der Waals surface area contributed by atoms with Crippen molar-refractivity contribution in [3.8, 4) is 0 Å². The van der Waals surface area contributed by atoms with Crippen LogP contribution in [-0.4, -0.2) is 30.6 Å². The van der Waals surface area contributed by atoms with Crippen molar-refractivity contribution >= 4 is 11.8 Å². The van der Waals surface area contributed by atoms with Crippen LogP contribution in [0.4, 0.5) is 0 Å². The van der Waals surface area contributed by atoms with E-state index in [1.807, 2.05) is 0 Å². The molecule has 0 amide bonds. The maximum atomic E-state index is 11.2. The lowest BCUT2D eigenvalue weighted by Crippen LogP contribution is -2.47. The van der Waals surface area contributed by atoms with Gasteiger partial charge in [-0.15, -0.1) is 0 Å². The predicted molar refractivity (Wildman–Crippen MR) is 47.6 cm³/mol. The van der Waals surface area contributed by atoms with Gasteiger partial charge in [0.05, 0.1) is 0 Å². The van der Waals surface area contributed by atoms with Gasteiger partial charge in [-0.3, -0.25) is 4.79 Å². The Balaban J connectivity index is 2.21. The van der Waals surface area contributed by atoms with Gasteiger partial charge in [-0.2, -0.15) is 0 Å². The molecule has 2 aliphatic rings. The average molecular weight is 196 g/mol. The van der Waals surface area contributed by atoms with Gasteiger partial charge in [0, 0.05) is 32.4 Å². The van der Waals surface area contributed by atoms with Crippen LogP contribution in [0.15, 0.2) is 12.2 Å². The number of carbonyl (C=O) groups is 2. The van der Waals surface area contributed by atoms with Crippen LogP contribution in [0.25, 0.3) is 0 Å². The van der Waals surface area contributed by atoms with E-state index in [4.69, 9.17) is 9.47 Å². The summed E-state index contributed by atoms with van der Waals surface area (Å²) in [6.07, 6.45) is 4.11. The minimum Gasteiger partial charge on any atom is -0.449 e. The molecule has 1 spiro atoms. The Morgan fingerprint density at radius 2 is 2.36 bits per heavy atom. The van der Waals surface area contributed by atoms with Crippen LogP contribution in [0.2, 0.25) is 0 Å². The Kier molecular flexibility index (Phi) is 2.15. The molecule has 0 N–H and O–H groups in total. The number of esters is 1. The predicted octanol–water partition coefficient (Wildman–Crippen LogP) is 0.606. The second-order valence-corrected chi connectivity index (χ2v) is 3.68. The molecule has 0 unspecified atom stereocenters. The van der Waals surface area contributed by atoms with Gasteiger partial charge >= 0.3 is 5.97 Å². The number of hydrogen-bond acceptors (Lipinski definition) is 4. The quantitative estimate of drug-likeness (QED) is 0.576. The molecule has 76 valence electrons. The van der Waals surface area contributed by atoms with Gasteiger partial charge in [-0.05, 0) is 6.08 Å². The molecule has 4 heteroatoms. The number of rotatable bonds is 1. The number of ketones is 1. The Labute approximate surface area is 81.9 Å².